The number of carbonyl (C=O) groups is 1. The summed E-state index contributed by atoms with van der Waals surface area (Å²) in [6, 6.07) is 12.4. The first-order valence-electron chi connectivity index (χ1n) is 7.29. The topological polar surface area (TPSA) is 59.6 Å². The van der Waals surface area contributed by atoms with Crippen molar-refractivity contribution in [1.29, 1.82) is 0 Å². The van der Waals surface area contributed by atoms with E-state index in [0.29, 0.717) is 22.2 Å². The Labute approximate surface area is 156 Å². The molecule has 2 aromatic carbocycles. The number of thiocarbonyl (C=S) groups is 1. The highest BCUT2D eigenvalue weighted by Crippen LogP contribution is 2.27. The molecular weight excluding hydrogens is 360 g/mol. The molecule has 0 unspecified atom stereocenters. The van der Waals surface area contributed by atoms with E-state index in [-0.39, 0.29) is 11.0 Å². The molecule has 7 heteroatoms. The molecule has 5 nitrogen and oxygen atoms in total. The van der Waals surface area contributed by atoms with Gasteiger partial charge in [0.15, 0.2) is 16.6 Å². The Kier molecular flexibility index (Phi) is 6.80. The van der Waals surface area contributed by atoms with Crippen molar-refractivity contribution in [3.05, 3.63) is 59.1 Å². The summed E-state index contributed by atoms with van der Waals surface area (Å²) in [5.74, 6) is 0.855. The number of carbonyl (C=O) groups excluding carboxylic acids is 1. The van der Waals surface area contributed by atoms with Gasteiger partial charge < -0.3 is 14.8 Å². The molecular formula is C18H17ClN2O3S. The van der Waals surface area contributed by atoms with E-state index >= 15 is 0 Å². The highest BCUT2D eigenvalue weighted by atomic mass is 35.5. The summed E-state index contributed by atoms with van der Waals surface area (Å²) in [5, 5.41) is 6.22. The third-order valence-corrected chi connectivity index (χ3v) is 3.59. The van der Waals surface area contributed by atoms with Crippen LogP contribution in [0.4, 0.5) is 5.69 Å². The molecule has 0 saturated carbocycles. The van der Waals surface area contributed by atoms with Gasteiger partial charge >= 0.3 is 0 Å². The molecule has 0 spiro atoms. The molecule has 2 N–H and O–H groups in total. The lowest BCUT2D eigenvalue weighted by molar-refractivity contribution is -0.115. The number of halogens is 1. The summed E-state index contributed by atoms with van der Waals surface area (Å²) in [6.07, 6.45) is 3.03. The van der Waals surface area contributed by atoms with Crippen LogP contribution in [0.3, 0.4) is 0 Å². The van der Waals surface area contributed by atoms with Crippen LogP contribution in [0.2, 0.25) is 5.02 Å². The van der Waals surface area contributed by atoms with Crippen molar-refractivity contribution in [2.45, 2.75) is 0 Å². The van der Waals surface area contributed by atoms with Crippen molar-refractivity contribution >= 4 is 46.6 Å². The molecule has 0 fully saturated rings. The summed E-state index contributed by atoms with van der Waals surface area (Å²) in [4.78, 5) is 12.0. The molecule has 1 amide bonds. The second-order valence-corrected chi connectivity index (χ2v) is 5.75. The Morgan fingerprint density at radius 1 is 1.12 bits per heavy atom. The fourth-order valence-electron chi connectivity index (χ4n) is 2.01. The lowest BCUT2D eigenvalue weighted by Crippen LogP contribution is -2.32. The van der Waals surface area contributed by atoms with Crippen molar-refractivity contribution < 1.29 is 14.3 Å². The van der Waals surface area contributed by atoms with Gasteiger partial charge in [0.1, 0.15) is 0 Å². The van der Waals surface area contributed by atoms with Crippen LogP contribution in [-0.2, 0) is 4.79 Å². The zero-order chi connectivity index (χ0) is 18.2. The first kappa shape index (κ1) is 18.8. The van der Waals surface area contributed by atoms with Crippen molar-refractivity contribution in [1.82, 2.24) is 5.32 Å². The van der Waals surface area contributed by atoms with Crippen LogP contribution in [0.5, 0.6) is 11.5 Å². The number of ether oxygens (including phenoxy) is 2. The van der Waals surface area contributed by atoms with E-state index < -0.39 is 0 Å². The second-order valence-electron chi connectivity index (χ2n) is 4.90. The maximum atomic E-state index is 12.0. The van der Waals surface area contributed by atoms with E-state index in [1.165, 1.54) is 6.08 Å². The molecule has 0 bridgehead atoms. The van der Waals surface area contributed by atoms with Crippen molar-refractivity contribution in [2.75, 3.05) is 19.5 Å². The monoisotopic (exact) mass is 376 g/mol. The summed E-state index contributed by atoms with van der Waals surface area (Å²) in [6.45, 7) is 0. The van der Waals surface area contributed by atoms with Gasteiger partial charge in [-0.25, -0.2) is 0 Å². The second kappa shape index (κ2) is 9.05. The van der Waals surface area contributed by atoms with E-state index in [2.05, 4.69) is 10.6 Å². The van der Waals surface area contributed by atoms with Crippen molar-refractivity contribution in [2.24, 2.45) is 0 Å². The third kappa shape index (κ3) is 5.77. The highest BCUT2D eigenvalue weighted by Gasteiger charge is 2.04. The Hall–Kier alpha value is -2.57. The van der Waals surface area contributed by atoms with Crippen molar-refractivity contribution in [3.63, 3.8) is 0 Å². The van der Waals surface area contributed by atoms with Gasteiger partial charge in [-0.2, -0.15) is 0 Å². The van der Waals surface area contributed by atoms with Gasteiger partial charge in [-0.1, -0.05) is 23.7 Å². The van der Waals surface area contributed by atoms with Gasteiger partial charge in [-0.05, 0) is 54.2 Å². The zero-order valence-electron chi connectivity index (χ0n) is 13.7. The predicted octanol–water partition coefficient (Wildman–Crippen LogP) is 3.88. The van der Waals surface area contributed by atoms with Crippen LogP contribution in [-0.4, -0.2) is 25.2 Å². The van der Waals surface area contributed by atoms with Crippen molar-refractivity contribution in [3.8, 4) is 11.5 Å². The average Bonchev–Trinajstić information content (AvgIpc) is 2.59. The molecule has 0 saturated heterocycles. The smallest absolute Gasteiger partial charge is 0.250 e. The van der Waals surface area contributed by atoms with Crippen LogP contribution < -0.4 is 20.1 Å². The molecule has 0 aromatic heterocycles. The molecule has 0 heterocycles. The van der Waals surface area contributed by atoms with Crippen LogP contribution in [0.15, 0.2) is 48.5 Å². The minimum atomic E-state index is -0.352. The van der Waals surface area contributed by atoms with Crippen LogP contribution >= 0.6 is 23.8 Å². The quantitative estimate of drug-likeness (QED) is 0.612. The Balaban J connectivity index is 1.95. The average molecular weight is 377 g/mol. The van der Waals surface area contributed by atoms with E-state index in [1.54, 1.807) is 56.7 Å². The normalized spacial score (nSPS) is 10.4. The summed E-state index contributed by atoms with van der Waals surface area (Å²) >= 11 is 11.0. The lowest BCUT2D eigenvalue weighted by Gasteiger charge is -2.08. The molecule has 2 aromatic rings. The SMILES string of the molecule is COc1ccc(C=CC(=O)NC(=S)Nc2cccc(Cl)c2)cc1OC. The van der Waals surface area contributed by atoms with E-state index in [1.807, 2.05) is 6.07 Å². The third-order valence-electron chi connectivity index (χ3n) is 3.15. The summed E-state index contributed by atoms with van der Waals surface area (Å²) in [5.41, 5.74) is 1.49. The zero-order valence-corrected chi connectivity index (χ0v) is 15.3. The number of nitrogens with one attached hydrogen (secondary N) is 2. The van der Waals surface area contributed by atoms with Crippen LogP contribution in [0.1, 0.15) is 5.56 Å². The maximum absolute atomic E-state index is 12.0. The summed E-state index contributed by atoms with van der Waals surface area (Å²) in [7, 11) is 3.12. The van der Waals surface area contributed by atoms with Gasteiger partial charge in [0, 0.05) is 16.8 Å². The fraction of sp³-hybridized carbons (Fsp3) is 0.111. The van der Waals surface area contributed by atoms with Gasteiger partial charge in [0.05, 0.1) is 14.2 Å². The number of methoxy groups -OCH3 is 2. The van der Waals surface area contributed by atoms with Gasteiger partial charge in [0.2, 0.25) is 5.91 Å². The number of benzene rings is 2. The highest BCUT2D eigenvalue weighted by molar-refractivity contribution is 7.80. The lowest BCUT2D eigenvalue weighted by atomic mass is 10.2. The molecule has 2 rings (SSSR count). The number of amides is 1. The largest absolute Gasteiger partial charge is 0.493 e. The maximum Gasteiger partial charge on any atom is 0.250 e. The molecule has 0 atom stereocenters. The van der Waals surface area contributed by atoms with E-state index in [0.717, 1.165) is 5.56 Å². The molecule has 0 radical (unpaired) electrons. The fourth-order valence-corrected chi connectivity index (χ4v) is 2.42. The minimum Gasteiger partial charge on any atom is -0.493 e. The predicted molar refractivity (Wildman–Crippen MR) is 104 cm³/mol. The molecule has 0 aliphatic rings. The molecule has 130 valence electrons. The van der Waals surface area contributed by atoms with Crippen LogP contribution in [0, 0.1) is 0 Å². The Bertz CT molecular complexity index is 809. The Morgan fingerprint density at radius 2 is 1.88 bits per heavy atom. The number of hydrogen-bond donors (Lipinski definition) is 2. The number of hydrogen-bond acceptors (Lipinski definition) is 4. The van der Waals surface area contributed by atoms with Gasteiger partial charge in [-0.3, -0.25) is 10.1 Å². The number of rotatable bonds is 5. The number of anilines is 1. The molecule has 0 aliphatic carbocycles. The van der Waals surface area contributed by atoms with Crippen LogP contribution in [0.25, 0.3) is 6.08 Å². The first-order chi connectivity index (χ1) is 12.0. The first-order valence-corrected chi connectivity index (χ1v) is 8.08. The Morgan fingerprint density at radius 3 is 2.56 bits per heavy atom. The molecule has 25 heavy (non-hydrogen) atoms. The minimum absolute atomic E-state index is 0.184. The standard InChI is InChI=1S/C18H17ClN2O3S/c1-23-15-8-6-12(10-16(15)24-2)7-9-17(22)21-18(25)20-14-5-3-4-13(19)11-14/h3-11H,1-2H3,(H2,20,21,22,25). The summed E-state index contributed by atoms with van der Waals surface area (Å²) < 4.78 is 10.4. The molecule has 0 aliphatic heterocycles. The van der Waals surface area contributed by atoms with Gasteiger partial charge in [-0.15, -0.1) is 0 Å². The van der Waals surface area contributed by atoms with E-state index in [9.17, 15) is 4.79 Å². The van der Waals surface area contributed by atoms with Gasteiger partial charge in [0.25, 0.3) is 0 Å². The van der Waals surface area contributed by atoms with E-state index in [4.69, 9.17) is 33.3 Å².